The predicted octanol–water partition coefficient (Wildman–Crippen LogP) is 13.5. The molecular formula is C48H88NO8P. The van der Waals surface area contributed by atoms with Gasteiger partial charge in [-0.15, -0.1) is 0 Å². The normalized spacial score (nSPS) is 13.7. The Balaban J connectivity index is 3.61. The van der Waals surface area contributed by atoms with Crippen LogP contribution in [0, 0.1) is 0 Å². The van der Waals surface area contributed by atoms with Crippen molar-refractivity contribution in [3.63, 3.8) is 0 Å². The van der Waals surface area contributed by atoms with Gasteiger partial charge in [0.15, 0.2) is 0 Å². The lowest BCUT2D eigenvalue weighted by molar-refractivity contribution is -0.147. The van der Waals surface area contributed by atoms with Crippen molar-refractivity contribution in [2.75, 3.05) is 26.4 Å². The van der Waals surface area contributed by atoms with Crippen molar-refractivity contribution in [2.45, 2.75) is 219 Å². The molecule has 0 rings (SSSR count). The van der Waals surface area contributed by atoms with Gasteiger partial charge in [0.05, 0.1) is 13.2 Å². The van der Waals surface area contributed by atoms with E-state index in [2.05, 4.69) is 67.8 Å². The fourth-order valence-corrected chi connectivity index (χ4v) is 7.14. The molecule has 0 radical (unpaired) electrons. The molecule has 0 aromatic carbocycles. The lowest BCUT2D eigenvalue weighted by atomic mass is 10.1. The molecule has 0 fully saturated rings. The fraction of sp³-hybridized carbons (Fsp3) is 0.792. The Labute approximate surface area is 355 Å². The van der Waals surface area contributed by atoms with Crippen molar-refractivity contribution in [3.8, 4) is 0 Å². The topological polar surface area (TPSA) is 131 Å². The third kappa shape index (κ3) is 45.1. The van der Waals surface area contributed by atoms with Gasteiger partial charge >= 0.3 is 13.8 Å². The maximum absolute atomic E-state index is 12.1. The van der Waals surface area contributed by atoms with Crippen LogP contribution in [-0.2, 0) is 27.9 Å². The number of unbranched alkanes of at least 4 members (excludes halogenated alkanes) is 23. The van der Waals surface area contributed by atoms with Crippen LogP contribution >= 0.6 is 7.82 Å². The number of aliphatic hydroxyl groups is 1. The minimum atomic E-state index is -4.42. The first-order valence-corrected chi connectivity index (χ1v) is 25.1. The Hall–Kier alpha value is -2.03. The first-order chi connectivity index (χ1) is 28.3. The molecule has 1 amide bonds. The molecule has 0 aliphatic carbocycles. The summed E-state index contributed by atoms with van der Waals surface area (Å²) >= 11 is 0. The lowest BCUT2D eigenvalue weighted by Crippen LogP contribution is -2.27. The molecule has 9 nitrogen and oxygen atoms in total. The lowest BCUT2D eigenvalue weighted by Gasteiger charge is -2.15. The van der Waals surface area contributed by atoms with Gasteiger partial charge in [0, 0.05) is 19.4 Å². The summed E-state index contributed by atoms with van der Waals surface area (Å²) in [6.07, 6.45) is 51.8. The molecular weight excluding hydrogens is 750 g/mol. The first-order valence-electron chi connectivity index (χ1n) is 23.6. The Morgan fingerprint density at radius 1 is 0.534 bits per heavy atom. The third-order valence-electron chi connectivity index (χ3n) is 9.98. The van der Waals surface area contributed by atoms with Crippen LogP contribution in [0.4, 0.5) is 0 Å². The van der Waals surface area contributed by atoms with Crippen LogP contribution in [-0.4, -0.2) is 54.3 Å². The van der Waals surface area contributed by atoms with Crippen LogP contribution < -0.4 is 5.32 Å². The molecule has 2 unspecified atom stereocenters. The highest BCUT2D eigenvalue weighted by Gasteiger charge is 2.23. The SMILES string of the molecule is CCCCC/C=C\C/C=C\C/C=C\CCCCCCCCC(=O)NCCOP(=O)(O)OCC(O)COC(=O)CCCCCCCCC/C=C\CCCCCCCCC. The third-order valence-corrected chi connectivity index (χ3v) is 11.0. The summed E-state index contributed by atoms with van der Waals surface area (Å²) in [6, 6.07) is 0. The molecule has 0 spiro atoms. The van der Waals surface area contributed by atoms with Crippen molar-refractivity contribution in [1.29, 1.82) is 0 Å². The number of aliphatic hydroxyl groups excluding tert-OH is 1. The summed E-state index contributed by atoms with van der Waals surface area (Å²) in [7, 11) is -4.42. The minimum absolute atomic E-state index is 0.0728. The number of hydrogen-bond acceptors (Lipinski definition) is 7. The van der Waals surface area contributed by atoms with Gasteiger partial charge < -0.3 is 20.1 Å². The quantitative estimate of drug-likeness (QED) is 0.0239. The van der Waals surface area contributed by atoms with Crippen molar-refractivity contribution < 1.29 is 37.9 Å². The number of carbonyl (C=O) groups is 2. The smallest absolute Gasteiger partial charge is 0.463 e. The molecule has 58 heavy (non-hydrogen) atoms. The van der Waals surface area contributed by atoms with Gasteiger partial charge in [-0.3, -0.25) is 18.6 Å². The van der Waals surface area contributed by atoms with E-state index in [9.17, 15) is 24.2 Å². The maximum atomic E-state index is 12.1. The van der Waals surface area contributed by atoms with Crippen LogP contribution in [0.5, 0.6) is 0 Å². The van der Waals surface area contributed by atoms with E-state index in [1.807, 2.05) is 0 Å². The minimum Gasteiger partial charge on any atom is -0.463 e. The number of phosphoric ester groups is 1. The Morgan fingerprint density at radius 3 is 1.45 bits per heavy atom. The molecule has 0 bridgehead atoms. The Morgan fingerprint density at radius 2 is 0.931 bits per heavy atom. The first kappa shape index (κ1) is 56.0. The maximum Gasteiger partial charge on any atom is 0.472 e. The van der Waals surface area contributed by atoms with E-state index in [4.69, 9.17) is 13.8 Å². The number of phosphoric acid groups is 1. The van der Waals surface area contributed by atoms with Crippen LogP contribution in [0.3, 0.4) is 0 Å². The fourth-order valence-electron chi connectivity index (χ4n) is 6.38. The molecule has 0 aromatic rings. The second-order valence-corrected chi connectivity index (χ2v) is 17.2. The zero-order chi connectivity index (χ0) is 42.5. The molecule has 0 saturated carbocycles. The summed E-state index contributed by atoms with van der Waals surface area (Å²) in [5.41, 5.74) is 0. The molecule has 0 aromatic heterocycles. The van der Waals surface area contributed by atoms with Crippen LogP contribution in [0.1, 0.15) is 213 Å². The number of amides is 1. The van der Waals surface area contributed by atoms with Crippen molar-refractivity contribution >= 4 is 19.7 Å². The molecule has 0 aliphatic rings. The summed E-state index contributed by atoms with van der Waals surface area (Å²) in [4.78, 5) is 34.0. The molecule has 338 valence electrons. The average Bonchev–Trinajstić information content (AvgIpc) is 3.21. The highest BCUT2D eigenvalue weighted by molar-refractivity contribution is 7.47. The second-order valence-electron chi connectivity index (χ2n) is 15.7. The summed E-state index contributed by atoms with van der Waals surface area (Å²) in [5.74, 6) is -0.532. The molecule has 0 heterocycles. The Kier molecular flexibility index (Phi) is 43.0. The Bertz CT molecular complexity index is 1090. The zero-order valence-corrected chi connectivity index (χ0v) is 38.1. The number of allylic oxidation sites excluding steroid dienone is 8. The molecule has 3 N–H and O–H groups in total. The van der Waals surface area contributed by atoms with E-state index in [-0.39, 0.29) is 32.1 Å². The van der Waals surface area contributed by atoms with Gasteiger partial charge in [0.1, 0.15) is 12.7 Å². The zero-order valence-electron chi connectivity index (χ0n) is 37.2. The van der Waals surface area contributed by atoms with Gasteiger partial charge in [-0.2, -0.15) is 0 Å². The largest absolute Gasteiger partial charge is 0.472 e. The average molecular weight is 838 g/mol. The van der Waals surface area contributed by atoms with Gasteiger partial charge in [-0.1, -0.05) is 172 Å². The summed E-state index contributed by atoms with van der Waals surface area (Å²) < 4.78 is 26.9. The van der Waals surface area contributed by atoms with E-state index in [1.165, 1.54) is 122 Å². The molecule has 10 heteroatoms. The molecule has 0 saturated heterocycles. The number of hydrogen-bond donors (Lipinski definition) is 3. The van der Waals surface area contributed by atoms with Gasteiger partial charge in [-0.25, -0.2) is 4.57 Å². The van der Waals surface area contributed by atoms with Crippen LogP contribution in [0.25, 0.3) is 0 Å². The highest BCUT2D eigenvalue weighted by atomic mass is 31.2. The molecule has 2 atom stereocenters. The van der Waals surface area contributed by atoms with E-state index in [0.29, 0.717) is 6.42 Å². The predicted molar refractivity (Wildman–Crippen MR) is 243 cm³/mol. The van der Waals surface area contributed by atoms with Gasteiger partial charge in [0.25, 0.3) is 0 Å². The highest BCUT2D eigenvalue weighted by Crippen LogP contribution is 2.42. The summed E-state index contributed by atoms with van der Waals surface area (Å²) in [6.45, 7) is 3.52. The van der Waals surface area contributed by atoms with Crippen LogP contribution in [0.2, 0.25) is 0 Å². The number of rotatable bonds is 44. The van der Waals surface area contributed by atoms with E-state index >= 15 is 0 Å². The van der Waals surface area contributed by atoms with Crippen molar-refractivity contribution in [3.05, 3.63) is 48.6 Å². The number of ether oxygens (including phenoxy) is 1. The van der Waals surface area contributed by atoms with Crippen molar-refractivity contribution in [2.24, 2.45) is 0 Å². The monoisotopic (exact) mass is 838 g/mol. The van der Waals surface area contributed by atoms with E-state index in [1.54, 1.807) is 0 Å². The van der Waals surface area contributed by atoms with Crippen molar-refractivity contribution in [1.82, 2.24) is 5.32 Å². The summed E-state index contributed by atoms with van der Waals surface area (Å²) in [5, 5.41) is 12.7. The number of carbonyl (C=O) groups excluding carboxylic acids is 2. The number of nitrogens with one attached hydrogen (secondary N) is 1. The second kappa shape index (κ2) is 44.5. The van der Waals surface area contributed by atoms with E-state index in [0.717, 1.165) is 64.2 Å². The standard InChI is InChI=1S/C48H88NO8P/c1-3-5-7-9-11-13-15-17-19-21-23-24-26-28-30-32-34-36-38-40-47(51)49-42-43-56-58(53,54)57-45-46(50)44-55-48(52)41-39-37-35-33-31-29-27-25-22-20-18-16-14-12-10-8-6-4-2/h11,13,17,19-20,22-24,46,50H,3-10,12,14-16,18,21,25-45H2,1-2H3,(H,49,51)(H,53,54)/b13-11-,19-17-,22-20-,24-23-. The van der Waals surface area contributed by atoms with Crippen LogP contribution in [0.15, 0.2) is 48.6 Å². The van der Waals surface area contributed by atoms with Gasteiger partial charge in [-0.05, 0) is 77.0 Å². The molecule has 0 aliphatic heterocycles. The van der Waals surface area contributed by atoms with Gasteiger partial charge in [0.2, 0.25) is 5.91 Å². The van der Waals surface area contributed by atoms with E-state index < -0.39 is 26.5 Å². The number of esters is 1.